The number of fused-ring (bicyclic) bond motifs is 1. The topological polar surface area (TPSA) is 50.3 Å². The predicted molar refractivity (Wildman–Crippen MR) is 83.7 cm³/mol. The van der Waals surface area contributed by atoms with Gasteiger partial charge in [0, 0.05) is 4.47 Å². The minimum Gasteiger partial charge on any atom is -0.268 e. The third-order valence-corrected chi connectivity index (χ3v) is 4.53. The Bertz CT molecular complexity index is 758. The molecule has 3 rings (SSSR count). The lowest BCUT2D eigenvalue weighted by Gasteiger charge is -2.13. The van der Waals surface area contributed by atoms with Crippen molar-refractivity contribution in [3.05, 3.63) is 56.7 Å². The van der Waals surface area contributed by atoms with Crippen LogP contribution in [0, 0.1) is 20.8 Å². The number of pyridine rings is 1. The van der Waals surface area contributed by atoms with Gasteiger partial charge in [0.1, 0.15) is 5.82 Å². The predicted octanol–water partition coefficient (Wildman–Crippen LogP) is 3.57. The number of aryl methyl sites for hydroxylation is 3. The molecule has 0 unspecified atom stereocenters. The van der Waals surface area contributed by atoms with Crippen LogP contribution in [-0.4, -0.2) is 16.8 Å². The Labute approximate surface area is 130 Å². The summed E-state index contributed by atoms with van der Waals surface area (Å²) in [6, 6.07) is 7.19. The molecule has 0 aliphatic carbocycles. The normalized spacial score (nSPS) is 13.8. The maximum Gasteiger partial charge on any atom is 0.267 e. The highest BCUT2D eigenvalue weighted by Gasteiger charge is 2.39. The number of anilines is 1. The second kappa shape index (κ2) is 4.77. The van der Waals surface area contributed by atoms with Crippen LogP contribution < -0.4 is 4.90 Å². The molecule has 0 saturated carbocycles. The molecule has 0 saturated heterocycles. The molecule has 0 atom stereocenters. The summed E-state index contributed by atoms with van der Waals surface area (Å²) < 4.78 is 0.843. The first-order valence-corrected chi connectivity index (χ1v) is 7.33. The Morgan fingerprint density at radius 1 is 0.905 bits per heavy atom. The van der Waals surface area contributed by atoms with Gasteiger partial charge < -0.3 is 0 Å². The van der Waals surface area contributed by atoms with Crippen molar-refractivity contribution in [2.75, 3.05) is 4.90 Å². The molecule has 21 heavy (non-hydrogen) atoms. The summed E-state index contributed by atoms with van der Waals surface area (Å²) in [7, 11) is 0. The lowest BCUT2D eigenvalue weighted by molar-refractivity contribution is 0.0925. The fraction of sp³-hybridized carbons (Fsp3) is 0.188. The zero-order valence-electron chi connectivity index (χ0n) is 11.9. The molecule has 1 aliphatic rings. The molecule has 1 aromatic carbocycles. The van der Waals surface area contributed by atoms with Gasteiger partial charge in [-0.05, 0) is 60.0 Å². The quantitative estimate of drug-likeness (QED) is 0.743. The summed E-state index contributed by atoms with van der Waals surface area (Å²) in [5.74, 6) is -0.239. The van der Waals surface area contributed by atoms with Crippen molar-refractivity contribution in [2.24, 2.45) is 0 Å². The van der Waals surface area contributed by atoms with Crippen LogP contribution in [0.5, 0.6) is 0 Å². The molecular weight excluding hydrogens is 332 g/mol. The second-order valence-electron chi connectivity index (χ2n) is 5.13. The van der Waals surface area contributed by atoms with Crippen LogP contribution >= 0.6 is 15.9 Å². The first kappa shape index (κ1) is 13.9. The van der Waals surface area contributed by atoms with Gasteiger partial charge in [-0.25, -0.2) is 9.88 Å². The summed E-state index contributed by atoms with van der Waals surface area (Å²) in [4.78, 5) is 30.8. The number of imide groups is 1. The Balaban J connectivity index is 2.18. The number of nitrogens with zero attached hydrogens (tertiary/aromatic N) is 2. The van der Waals surface area contributed by atoms with E-state index in [2.05, 4.69) is 20.9 Å². The summed E-state index contributed by atoms with van der Waals surface area (Å²) >= 11 is 3.37. The minimum absolute atomic E-state index is 0.301. The summed E-state index contributed by atoms with van der Waals surface area (Å²) in [6.07, 6.45) is 0. The number of amides is 2. The highest BCUT2D eigenvalue weighted by Crippen LogP contribution is 2.32. The third-order valence-electron chi connectivity index (χ3n) is 3.69. The first-order chi connectivity index (χ1) is 9.91. The molecule has 0 bridgehead atoms. The largest absolute Gasteiger partial charge is 0.268 e. The SMILES string of the molecule is Cc1ccc(C)c2c1C(=O)N(c1ccc(Br)c(C)n1)C2=O. The Morgan fingerprint density at radius 2 is 1.43 bits per heavy atom. The molecule has 2 heterocycles. The zero-order valence-corrected chi connectivity index (χ0v) is 13.5. The number of hydrogen-bond acceptors (Lipinski definition) is 3. The number of halogens is 1. The van der Waals surface area contributed by atoms with Crippen LogP contribution in [0.25, 0.3) is 0 Å². The number of carbonyl (C=O) groups is 2. The van der Waals surface area contributed by atoms with E-state index in [4.69, 9.17) is 0 Å². The Kier molecular flexibility index (Phi) is 3.17. The van der Waals surface area contributed by atoms with Gasteiger partial charge in [-0.15, -0.1) is 0 Å². The molecule has 0 N–H and O–H groups in total. The Morgan fingerprint density at radius 3 is 1.90 bits per heavy atom. The van der Waals surface area contributed by atoms with E-state index in [1.165, 1.54) is 0 Å². The van der Waals surface area contributed by atoms with Crippen LogP contribution in [0.4, 0.5) is 5.82 Å². The average Bonchev–Trinajstić information content (AvgIpc) is 2.70. The van der Waals surface area contributed by atoms with Crippen LogP contribution in [-0.2, 0) is 0 Å². The minimum atomic E-state index is -0.301. The van der Waals surface area contributed by atoms with Gasteiger partial charge in [0.2, 0.25) is 0 Å². The van der Waals surface area contributed by atoms with Gasteiger partial charge in [-0.2, -0.15) is 0 Å². The highest BCUT2D eigenvalue weighted by atomic mass is 79.9. The number of carbonyl (C=O) groups excluding carboxylic acids is 2. The number of rotatable bonds is 1. The molecule has 1 aromatic heterocycles. The summed E-state index contributed by atoms with van der Waals surface area (Å²) in [5, 5.41) is 0. The van der Waals surface area contributed by atoms with Crippen molar-refractivity contribution in [2.45, 2.75) is 20.8 Å². The number of hydrogen-bond donors (Lipinski definition) is 0. The average molecular weight is 345 g/mol. The second-order valence-corrected chi connectivity index (χ2v) is 5.99. The van der Waals surface area contributed by atoms with Gasteiger partial charge >= 0.3 is 0 Å². The molecule has 2 amide bonds. The van der Waals surface area contributed by atoms with Crippen molar-refractivity contribution in [1.29, 1.82) is 0 Å². The monoisotopic (exact) mass is 344 g/mol. The van der Waals surface area contributed by atoms with Crippen LogP contribution in [0.15, 0.2) is 28.7 Å². The maximum absolute atomic E-state index is 12.6. The molecule has 0 radical (unpaired) electrons. The molecule has 5 heteroatoms. The molecular formula is C16H13BrN2O2. The van der Waals surface area contributed by atoms with E-state index >= 15 is 0 Å². The Hall–Kier alpha value is -2.01. The summed E-state index contributed by atoms with van der Waals surface area (Å²) in [6.45, 7) is 5.50. The fourth-order valence-corrected chi connectivity index (χ4v) is 2.76. The molecule has 4 nitrogen and oxygen atoms in total. The van der Waals surface area contributed by atoms with Crippen LogP contribution in [0.2, 0.25) is 0 Å². The van der Waals surface area contributed by atoms with Gasteiger partial charge in [0.25, 0.3) is 11.8 Å². The third kappa shape index (κ3) is 2.00. The standard InChI is InChI=1S/C16H13BrN2O2/c1-8-4-5-9(2)14-13(8)15(20)19(16(14)21)12-7-6-11(17)10(3)18-12/h4-7H,1-3H3. The summed E-state index contributed by atoms with van der Waals surface area (Å²) in [5.41, 5.74) is 3.33. The van der Waals surface area contributed by atoms with E-state index in [9.17, 15) is 9.59 Å². The lowest BCUT2D eigenvalue weighted by Crippen LogP contribution is -2.30. The van der Waals surface area contributed by atoms with E-state index < -0.39 is 0 Å². The molecule has 0 spiro atoms. The van der Waals surface area contributed by atoms with Gasteiger partial charge in [-0.3, -0.25) is 9.59 Å². The van der Waals surface area contributed by atoms with Crippen molar-refractivity contribution in [1.82, 2.24) is 4.98 Å². The smallest absolute Gasteiger partial charge is 0.267 e. The van der Waals surface area contributed by atoms with E-state index in [1.54, 1.807) is 12.1 Å². The molecule has 1 aliphatic heterocycles. The van der Waals surface area contributed by atoms with E-state index in [-0.39, 0.29) is 11.8 Å². The highest BCUT2D eigenvalue weighted by molar-refractivity contribution is 9.10. The van der Waals surface area contributed by atoms with E-state index in [1.807, 2.05) is 32.9 Å². The van der Waals surface area contributed by atoms with E-state index in [0.29, 0.717) is 16.9 Å². The van der Waals surface area contributed by atoms with Crippen molar-refractivity contribution in [3.8, 4) is 0 Å². The van der Waals surface area contributed by atoms with Gasteiger partial charge in [0.15, 0.2) is 0 Å². The van der Waals surface area contributed by atoms with Crippen molar-refractivity contribution in [3.63, 3.8) is 0 Å². The lowest BCUT2D eigenvalue weighted by atomic mass is 9.99. The molecule has 0 fully saturated rings. The maximum atomic E-state index is 12.6. The van der Waals surface area contributed by atoms with E-state index in [0.717, 1.165) is 26.2 Å². The van der Waals surface area contributed by atoms with Crippen LogP contribution in [0.3, 0.4) is 0 Å². The van der Waals surface area contributed by atoms with Crippen LogP contribution in [0.1, 0.15) is 37.5 Å². The fourth-order valence-electron chi connectivity index (χ4n) is 2.54. The number of benzene rings is 1. The molecule has 106 valence electrons. The molecule has 2 aromatic rings. The zero-order chi connectivity index (χ0) is 15.3. The number of aromatic nitrogens is 1. The van der Waals surface area contributed by atoms with Crippen molar-refractivity contribution < 1.29 is 9.59 Å². The van der Waals surface area contributed by atoms with Crippen molar-refractivity contribution >= 4 is 33.6 Å². The first-order valence-electron chi connectivity index (χ1n) is 6.54. The van der Waals surface area contributed by atoms with Gasteiger partial charge in [-0.1, -0.05) is 12.1 Å². The van der Waals surface area contributed by atoms with Gasteiger partial charge in [0.05, 0.1) is 16.8 Å².